The maximum absolute atomic E-state index is 11.0. The number of methoxy groups -OCH3 is 1. The van der Waals surface area contributed by atoms with Crippen molar-refractivity contribution < 1.29 is 9.53 Å². The van der Waals surface area contributed by atoms with Crippen molar-refractivity contribution >= 4 is 17.6 Å². The molecule has 1 amide bonds. The molecule has 1 heterocycles. The topological polar surface area (TPSA) is 66.5 Å². The number of amides is 1. The molecule has 0 saturated carbocycles. The molecule has 0 aliphatic rings. The van der Waals surface area contributed by atoms with Gasteiger partial charge in [0.2, 0.25) is 0 Å². The first kappa shape index (κ1) is 14.2. The lowest BCUT2D eigenvalue weighted by atomic mass is 10.3. The minimum Gasteiger partial charge on any atom is -0.453 e. The van der Waals surface area contributed by atoms with Gasteiger partial charge >= 0.3 is 6.09 Å². The summed E-state index contributed by atoms with van der Waals surface area (Å²) >= 11 is 0. The van der Waals surface area contributed by atoms with E-state index in [-0.39, 0.29) is 0 Å². The average Bonchev–Trinajstić information content (AvgIpc) is 2.36. The van der Waals surface area contributed by atoms with Crippen LogP contribution in [0.4, 0.5) is 16.3 Å². The quantitative estimate of drug-likeness (QED) is 0.753. The molecule has 18 heavy (non-hydrogen) atoms. The van der Waals surface area contributed by atoms with Crippen molar-refractivity contribution in [1.82, 2.24) is 9.88 Å². The summed E-state index contributed by atoms with van der Waals surface area (Å²) in [5.41, 5.74) is 0.612. The predicted octanol–water partition coefficient (Wildman–Crippen LogP) is 1.62. The molecule has 0 bridgehead atoms. The first-order valence-electron chi connectivity index (χ1n) is 5.81. The van der Waals surface area contributed by atoms with Crippen LogP contribution in [0, 0.1) is 0 Å². The fourth-order valence-corrected chi connectivity index (χ4v) is 1.35. The van der Waals surface area contributed by atoms with Crippen LogP contribution >= 0.6 is 0 Å². The van der Waals surface area contributed by atoms with Gasteiger partial charge in [0.1, 0.15) is 5.82 Å². The lowest BCUT2D eigenvalue weighted by Crippen LogP contribution is -2.16. The summed E-state index contributed by atoms with van der Waals surface area (Å²) in [4.78, 5) is 17.3. The molecule has 1 aromatic rings. The highest BCUT2D eigenvalue weighted by Crippen LogP contribution is 2.09. The van der Waals surface area contributed by atoms with Gasteiger partial charge in [-0.25, -0.2) is 9.78 Å². The Balaban J connectivity index is 2.33. The van der Waals surface area contributed by atoms with Gasteiger partial charge in [-0.1, -0.05) is 0 Å². The number of nitrogens with zero attached hydrogens (tertiary/aromatic N) is 2. The summed E-state index contributed by atoms with van der Waals surface area (Å²) < 4.78 is 4.49. The zero-order valence-corrected chi connectivity index (χ0v) is 11.1. The Bertz CT molecular complexity index is 365. The highest BCUT2D eigenvalue weighted by Gasteiger charge is 2.00. The average molecular weight is 252 g/mol. The summed E-state index contributed by atoms with van der Waals surface area (Å²) in [7, 11) is 5.42. The van der Waals surface area contributed by atoms with Crippen LogP contribution in [-0.4, -0.2) is 50.3 Å². The van der Waals surface area contributed by atoms with Crippen LogP contribution in [0.3, 0.4) is 0 Å². The van der Waals surface area contributed by atoms with E-state index < -0.39 is 6.09 Å². The minimum atomic E-state index is -0.497. The number of anilines is 2. The summed E-state index contributed by atoms with van der Waals surface area (Å²) in [5.74, 6) is 0.796. The van der Waals surface area contributed by atoms with E-state index in [1.807, 2.05) is 20.2 Å². The maximum Gasteiger partial charge on any atom is 0.411 e. The van der Waals surface area contributed by atoms with Gasteiger partial charge in [-0.15, -0.1) is 0 Å². The van der Waals surface area contributed by atoms with Gasteiger partial charge in [0.05, 0.1) is 19.0 Å². The molecule has 0 aromatic carbocycles. The zero-order valence-electron chi connectivity index (χ0n) is 11.1. The molecule has 0 spiro atoms. The zero-order chi connectivity index (χ0) is 13.4. The van der Waals surface area contributed by atoms with Gasteiger partial charge in [-0.05, 0) is 39.2 Å². The predicted molar refractivity (Wildman–Crippen MR) is 71.9 cm³/mol. The van der Waals surface area contributed by atoms with Gasteiger partial charge in [0.15, 0.2) is 0 Å². The van der Waals surface area contributed by atoms with Gasteiger partial charge in [0, 0.05) is 6.54 Å². The number of pyridine rings is 1. The molecule has 0 fully saturated rings. The molecule has 0 radical (unpaired) electrons. The highest BCUT2D eigenvalue weighted by molar-refractivity contribution is 5.84. The normalized spacial score (nSPS) is 10.2. The minimum absolute atomic E-state index is 0.497. The molecular formula is C12H20N4O2. The molecule has 1 aromatic heterocycles. The van der Waals surface area contributed by atoms with Crippen LogP contribution in [-0.2, 0) is 4.74 Å². The Kier molecular flexibility index (Phi) is 5.93. The summed E-state index contributed by atoms with van der Waals surface area (Å²) in [6, 6.07) is 3.60. The lowest BCUT2D eigenvalue weighted by Gasteiger charge is -2.10. The molecule has 0 aliphatic heterocycles. The van der Waals surface area contributed by atoms with E-state index >= 15 is 0 Å². The number of carbonyl (C=O) groups excluding carboxylic acids is 1. The van der Waals surface area contributed by atoms with E-state index in [2.05, 4.69) is 25.3 Å². The summed E-state index contributed by atoms with van der Waals surface area (Å²) in [5, 5.41) is 5.76. The Labute approximate surface area is 107 Å². The third kappa shape index (κ3) is 5.49. The largest absolute Gasteiger partial charge is 0.453 e. The van der Waals surface area contributed by atoms with Crippen LogP contribution in [0.15, 0.2) is 18.3 Å². The third-order valence-electron chi connectivity index (χ3n) is 2.28. The molecule has 0 atom stereocenters. The van der Waals surface area contributed by atoms with Crippen LogP contribution < -0.4 is 10.6 Å². The van der Waals surface area contributed by atoms with E-state index in [4.69, 9.17) is 0 Å². The number of rotatable bonds is 6. The molecule has 6 heteroatoms. The molecule has 2 N–H and O–H groups in total. The van der Waals surface area contributed by atoms with Gasteiger partial charge < -0.3 is 15.0 Å². The van der Waals surface area contributed by atoms with Crippen LogP contribution in [0.1, 0.15) is 6.42 Å². The van der Waals surface area contributed by atoms with Crippen molar-refractivity contribution in [2.24, 2.45) is 0 Å². The number of aromatic nitrogens is 1. The molecule has 100 valence electrons. The lowest BCUT2D eigenvalue weighted by molar-refractivity contribution is 0.187. The maximum atomic E-state index is 11.0. The molecule has 0 aliphatic carbocycles. The fraction of sp³-hybridized carbons (Fsp3) is 0.500. The number of hydrogen-bond acceptors (Lipinski definition) is 5. The van der Waals surface area contributed by atoms with E-state index in [1.54, 1.807) is 12.3 Å². The SMILES string of the molecule is COC(=O)Nc1ccc(NCCCN(C)C)nc1. The van der Waals surface area contributed by atoms with Crippen molar-refractivity contribution in [3.8, 4) is 0 Å². The smallest absolute Gasteiger partial charge is 0.411 e. The number of nitrogens with one attached hydrogen (secondary N) is 2. The number of hydrogen-bond donors (Lipinski definition) is 2. The van der Waals surface area contributed by atoms with Crippen molar-refractivity contribution in [3.05, 3.63) is 18.3 Å². The Hall–Kier alpha value is -1.82. The van der Waals surface area contributed by atoms with Gasteiger partial charge in [0.25, 0.3) is 0 Å². The Morgan fingerprint density at radius 3 is 2.78 bits per heavy atom. The van der Waals surface area contributed by atoms with E-state index in [0.717, 1.165) is 25.3 Å². The molecule has 6 nitrogen and oxygen atoms in total. The second kappa shape index (κ2) is 7.50. The number of ether oxygens (including phenoxy) is 1. The van der Waals surface area contributed by atoms with Crippen molar-refractivity contribution in [2.75, 3.05) is 44.9 Å². The van der Waals surface area contributed by atoms with Crippen LogP contribution in [0.25, 0.3) is 0 Å². The van der Waals surface area contributed by atoms with Crippen LogP contribution in [0.5, 0.6) is 0 Å². The summed E-state index contributed by atoms with van der Waals surface area (Å²) in [6.45, 7) is 1.91. The van der Waals surface area contributed by atoms with Gasteiger partial charge in [-0.3, -0.25) is 5.32 Å². The van der Waals surface area contributed by atoms with E-state index in [9.17, 15) is 4.79 Å². The van der Waals surface area contributed by atoms with Gasteiger partial charge in [-0.2, -0.15) is 0 Å². The molecule has 0 saturated heterocycles. The van der Waals surface area contributed by atoms with Crippen molar-refractivity contribution in [2.45, 2.75) is 6.42 Å². The van der Waals surface area contributed by atoms with E-state index in [1.165, 1.54) is 7.11 Å². The highest BCUT2D eigenvalue weighted by atomic mass is 16.5. The second-order valence-electron chi connectivity index (χ2n) is 4.13. The van der Waals surface area contributed by atoms with Crippen molar-refractivity contribution in [1.29, 1.82) is 0 Å². The van der Waals surface area contributed by atoms with E-state index in [0.29, 0.717) is 5.69 Å². The first-order valence-corrected chi connectivity index (χ1v) is 5.81. The fourth-order valence-electron chi connectivity index (χ4n) is 1.35. The Morgan fingerprint density at radius 2 is 2.22 bits per heavy atom. The van der Waals surface area contributed by atoms with Crippen LogP contribution in [0.2, 0.25) is 0 Å². The molecule has 1 rings (SSSR count). The molecular weight excluding hydrogens is 232 g/mol. The standard InChI is InChI=1S/C12H20N4O2/c1-16(2)8-4-7-13-11-6-5-10(9-14-11)15-12(17)18-3/h5-6,9H,4,7-8H2,1-3H3,(H,13,14)(H,15,17). The second-order valence-corrected chi connectivity index (χ2v) is 4.13. The Morgan fingerprint density at radius 1 is 1.44 bits per heavy atom. The molecule has 0 unspecified atom stereocenters. The summed E-state index contributed by atoms with van der Waals surface area (Å²) in [6.07, 6.45) is 2.14. The first-order chi connectivity index (χ1) is 8.61. The third-order valence-corrected chi connectivity index (χ3v) is 2.28. The van der Waals surface area contributed by atoms with Crippen molar-refractivity contribution in [3.63, 3.8) is 0 Å². The number of carbonyl (C=O) groups is 1. The monoisotopic (exact) mass is 252 g/mol.